The van der Waals surface area contributed by atoms with E-state index in [9.17, 15) is 4.79 Å². The minimum absolute atomic E-state index is 0.239. The third-order valence-electron chi connectivity index (χ3n) is 2.14. The molecule has 6 nitrogen and oxygen atoms in total. The van der Waals surface area contributed by atoms with Crippen LogP contribution in [-0.4, -0.2) is 80.4 Å². The number of halogens is 3. The van der Waals surface area contributed by atoms with Crippen LogP contribution in [0.25, 0.3) is 0 Å². The number of hydrogen-bond acceptors (Lipinski definition) is 5. The largest absolute Gasteiger partial charge is 0.448 e. The maximum absolute atomic E-state index is 11.6. The summed E-state index contributed by atoms with van der Waals surface area (Å²) in [5.41, 5.74) is 0. The van der Waals surface area contributed by atoms with Crippen LogP contribution >= 0.6 is 34.8 Å². The highest BCUT2D eigenvalue weighted by molar-refractivity contribution is 6.68. The Bertz CT molecular complexity index is 286. The van der Waals surface area contributed by atoms with Gasteiger partial charge in [-0.1, -0.05) is 34.8 Å². The number of nitrogens with zero attached hydrogens (tertiary/aromatic N) is 2. The quantitative estimate of drug-likeness (QED) is 0.532. The van der Waals surface area contributed by atoms with Gasteiger partial charge >= 0.3 is 6.09 Å². The maximum atomic E-state index is 11.6. The molecule has 0 rings (SSSR count). The van der Waals surface area contributed by atoms with Gasteiger partial charge < -0.3 is 19.3 Å². The highest BCUT2D eigenvalue weighted by atomic mass is 35.6. The van der Waals surface area contributed by atoms with Crippen molar-refractivity contribution >= 4 is 40.9 Å². The first-order valence-corrected chi connectivity index (χ1v) is 7.17. The summed E-state index contributed by atoms with van der Waals surface area (Å²) in [5, 5.41) is 2.39. The Labute approximate surface area is 135 Å². The summed E-state index contributed by atoms with van der Waals surface area (Å²) >= 11 is 17.3. The number of nitrogens with one attached hydrogen (secondary N) is 1. The predicted octanol–water partition coefficient (Wildman–Crippen LogP) is 1.55. The van der Waals surface area contributed by atoms with Gasteiger partial charge in [0.1, 0.15) is 6.61 Å². The second kappa shape index (κ2) is 9.87. The van der Waals surface area contributed by atoms with E-state index in [4.69, 9.17) is 44.3 Å². The van der Waals surface area contributed by atoms with E-state index in [1.54, 1.807) is 0 Å². The number of alkyl halides is 3. The number of hydrogen-bond donors (Lipinski definition) is 1. The van der Waals surface area contributed by atoms with E-state index < -0.39 is 16.1 Å². The van der Waals surface area contributed by atoms with E-state index in [2.05, 4.69) is 5.32 Å². The van der Waals surface area contributed by atoms with E-state index in [-0.39, 0.29) is 6.61 Å². The molecule has 0 aliphatic rings. The predicted molar refractivity (Wildman–Crippen MR) is 81.6 cm³/mol. The molecule has 0 unspecified atom stereocenters. The van der Waals surface area contributed by atoms with E-state index >= 15 is 0 Å². The number of carbonyl (C=O) groups excluding carboxylic acids is 1. The molecule has 20 heavy (non-hydrogen) atoms. The highest BCUT2D eigenvalue weighted by Crippen LogP contribution is 2.30. The number of rotatable bonds is 8. The molecule has 0 aromatic carbocycles. The van der Waals surface area contributed by atoms with Gasteiger partial charge in [-0.2, -0.15) is 0 Å². The van der Waals surface area contributed by atoms with Crippen LogP contribution in [0.4, 0.5) is 4.79 Å². The Morgan fingerprint density at radius 3 is 2.05 bits per heavy atom. The zero-order valence-corrected chi connectivity index (χ0v) is 14.4. The summed E-state index contributed by atoms with van der Waals surface area (Å²) in [6.07, 6.45) is -1.76. The molecular formula is C11H22Cl3N3O3. The van der Waals surface area contributed by atoms with E-state index in [1.807, 2.05) is 38.0 Å². The zero-order valence-electron chi connectivity index (χ0n) is 12.2. The molecule has 0 aromatic rings. The minimum Gasteiger partial charge on any atom is -0.448 e. The van der Waals surface area contributed by atoms with Gasteiger partial charge in [0.2, 0.25) is 3.79 Å². The fourth-order valence-corrected chi connectivity index (χ4v) is 1.39. The molecule has 0 aliphatic carbocycles. The van der Waals surface area contributed by atoms with Gasteiger partial charge in [-0.25, -0.2) is 4.79 Å². The average molecular weight is 351 g/mol. The third kappa shape index (κ3) is 10.8. The molecule has 1 atom stereocenters. The van der Waals surface area contributed by atoms with Crippen LogP contribution in [-0.2, 0) is 9.47 Å². The van der Waals surface area contributed by atoms with Gasteiger partial charge in [-0.15, -0.1) is 0 Å². The Balaban J connectivity index is 4.18. The van der Waals surface area contributed by atoms with E-state index in [0.717, 1.165) is 0 Å². The molecule has 120 valence electrons. The Morgan fingerprint density at radius 2 is 1.60 bits per heavy atom. The molecular weight excluding hydrogens is 328 g/mol. The standard InChI is InChI=1S/C11H22Cl3N3O3/c1-16(2)5-7-19-9(11(12,13)14)15-10(18)20-8-6-17(3)4/h9H,5-8H2,1-4H3,(H,15,18)/t9-/m0/s1. The van der Waals surface area contributed by atoms with E-state index in [1.165, 1.54) is 0 Å². The van der Waals surface area contributed by atoms with Crippen LogP contribution in [0.3, 0.4) is 0 Å². The smallest absolute Gasteiger partial charge is 0.409 e. The molecule has 0 aromatic heterocycles. The van der Waals surface area contributed by atoms with Crippen molar-refractivity contribution in [3.63, 3.8) is 0 Å². The Kier molecular flexibility index (Phi) is 9.88. The lowest BCUT2D eigenvalue weighted by atomic mass is 10.6. The highest BCUT2D eigenvalue weighted by Gasteiger charge is 2.35. The van der Waals surface area contributed by atoms with Gasteiger partial charge in [0.05, 0.1) is 6.61 Å². The summed E-state index contributed by atoms with van der Waals surface area (Å²) < 4.78 is 8.53. The lowest BCUT2D eigenvalue weighted by molar-refractivity contribution is 0.0214. The first kappa shape index (κ1) is 20.0. The Hall–Kier alpha value is 0.0200. The third-order valence-corrected chi connectivity index (χ3v) is 2.74. The van der Waals surface area contributed by atoms with Crippen molar-refractivity contribution in [3.05, 3.63) is 0 Å². The monoisotopic (exact) mass is 349 g/mol. The molecule has 0 aliphatic heterocycles. The second-order valence-corrected chi connectivity index (χ2v) is 7.05. The van der Waals surface area contributed by atoms with Gasteiger partial charge in [0, 0.05) is 13.1 Å². The van der Waals surface area contributed by atoms with Gasteiger partial charge in [-0.3, -0.25) is 5.32 Å². The molecule has 0 spiro atoms. The SMILES string of the molecule is CN(C)CCOC(=O)N[C@@H](OCCN(C)C)C(Cl)(Cl)Cl. The van der Waals surface area contributed by atoms with E-state index in [0.29, 0.717) is 19.7 Å². The van der Waals surface area contributed by atoms with Crippen LogP contribution in [0, 0.1) is 0 Å². The molecule has 0 heterocycles. The topological polar surface area (TPSA) is 54.0 Å². The molecule has 9 heteroatoms. The van der Waals surface area contributed by atoms with Crippen molar-refractivity contribution in [2.75, 3.05) is 54.5 Å². The van der Waals surface area contributed by atoms with Gasteiger partial charge in [0.15, 0.2) is 6.23 Å². The van der Waals surface area contributed by atoms with Crippen LogP contribution in [0.15, 0.2) is 0 Å². The summed E-state index contributed by atoms with van der Waals surface area (Å²) in [4.78, 5) is 15.4. The summed E-state index contributed by atoms with van der Waals surface area (Å²) in [6, 6.07) is 0. The molecule has 0 saturated heterocycles. The van der Waals surface area contributed by atoms with Gasteiger partial charge in [-0.05, 0) is 28.2 Å². The fraction of sp³-hybridized carbons (Fsp3) is 0.909. The first-order valence-electron chi connectivity index (χ1n) is 6.04. The number of carbonyl (C=O) groups is 1. The average Bonchev–Trinajstić information content (AvgIpc) is 2.25. The van der Waals surface area contributed by atoms with Crippen molar-refractivity contribution in [1.82, 2.24) is 15.1 Å². The normalized spacial score (nSPS) is 13.7. The zero-order chi connectivity index (χ0) is 15.8. The second-order valence-electron chi connectivity index (χ2n) is 4.68. The lowest BCUT2D eigenvalue weighted by Gasteiger charge is -2.26. The van der Waals surface area contributed by atoms with Crippen LogP contribution in [0.5, 0.6) is 0 Å². The Morgan fingerprint density at radius 1 is 1.10 bits per heavy atom. The number of amides is 1. The fourth-order valence-electron chi connectivity index (χ4n) is 1.04. The van der Waals surface area contributed by atoms with Crippen LogP contribution < -0.4 is 5.32 Å². The molecule has 0 radical (unpaired) electrons. The van der Waals surface area contributed by atoms with Gasteiger partial charge in [0.25, 0.3) is 0 Å². The minimum atomic E-state index is -1.77. The van der Waals surface area contributed by atoms with Crippen molar-refractivity contribution in [2.24, 2.45) is 0 Å². The lowest BCUT2D eigenvalue weighted by Crippen LogP contribution is -2.47. The van der Waals surface area contributed by atoms with Crippen molar-refractivity contribution in [3.8, 4) is 0 Å². The van der Waals surface area contributed by atoms with Crippen molar-refractivity contribution in [1.29, 1.82) is 0 Å². The molecule has 1 amide bonds. The maximum Gasteiger partial charge on any atom is 0.409 e. The van der Waals surface area contributed by atoms with Crippen LogP contribution in [0.1, 0.15) is 0 Å². The van der Waals surface area contributed by atoms with Crippen molar-refractivity contribution < 1.29 is 14.3 Å². The number of ether oxygens (including phenoxy) is 2. The molecule has 0 fully saturated rings. The summed E-state index contributed by atoms with van der Waals surface area (Å²) in [7, 11) is 7.51. The molecule has 0 bridgehead atoms. The van der Waals surface area contributed by atoms with Crippen LogP contribution in [0.2, 0.25) is 0 Å². The van der Waals surface area contributed by atoms with Crippen molar-refractivity contribution in [2.45, 2.75) is 10.0 Å². The summed E-state index contributed by atoms with van der Waals surface area (Å²) in [6.45, 7) is 1.79. The molecule has 1 N–H and O–H groups in total. The molecule has 0 saturated carbocycles. The first-order chi connectivity index (χ1) is 9.12. The summed E-state index contributed by atoms with van der Waals surface area (Å²) in [5.74, 6) is 0. The number of alkyl carbamates (subject to hydrolysis) is 1. The number of likely N-dealkylation sites (N-methyl/N-ethyl adjacent to an activating group) is 2.